The zero-order valence-corrected chi connectivity index (χ0v) is 17.3. The van der Waals surface area contributed by atoms with E-state index in [1.165, 1.54) is 10.5 Å². The summed E-state index contributed by atoms with van der Waals surface area (Å²) >= 11 is 5.94. The topological polar surface area (TPSA) is 71.9 Å². The summed E-state index contributed by atoms with van der Waals surface area (Å²) in [6.07, 6.45) is 1.41. The molecule has 1 saturated heterocycles. The first-order valence-electron chi connectivity index (χ1n) is 9.96. The fraction of sp³-hybridized carbons (Fsp3) is 0.364. The van der Waals surface area contributed by atoms with Crippen molar-refractivity contribution in [3.63, 3.8) is 0 Å². The van der Waals surface area contributed by atoms with Crippen molar-refractivity contribution in [2.24, 2.45) is 0 Å². The fourth-order valence-corrected chi connectivity index (χ4v) is 3.62. The maximum atomic E-state index is 12.5. The van der Waals surface area contributed by atoms with Gasteiger partial charge in [-0.3, -0.25) is 10.1 Å². The number of carbonyl (C=O) groups excluding carboxylic acids is 2. The number of hydrogen-bond donors (Lipinski definition) is 3. The van der Waals surface area contributed by atoms with Crippen molar-refractivity contribution in [1.82, 2.24) is 5.32 Å². The molecule has 29 heavy (non-hydrogen) atoms. The largest absolute Gasteiger partial charge is 0.450 e. The number of carbonyl (C=O) groups is 2. The number of amides is 2. The monoisotopic (exact) mass is 416 g/mol. The molecule has 0 saturated carbocycles. The van der Waals surface area contributed by atoms with E-state index in [2.05, 4.69) is 22.8 Å². The first-order chi connectivity index (χ1) is 14.0. The van der Waals surface area contributed by atoms with Crippen molar-refractivity contribution in [2.75, 3.05) is 25.0 Å². The van der Waals surface area contributed by atoms with Crippen molar-refractivity contribution in [2.45, 2.75) is 32.4 Å². The summed E-state index contributed by atoms with van der Waals surface area (Å²) in [7, 11) is 0. The highest BCUT2D eigenvalue weighted by Crippen LogP contribution is 2.12. The van der Waals surface area contributed by atoms with Gasteiger partial charge in [-0.15, -0.1) is 0 Å². The van der Waals surface area contributed by atoms with Crippen LogP contribution in [0.25, 0.3) is 0 Å². The molecule has 3 rings (SSSR count). The predicted octanol–water partition coefficient (Wildman–Crippen LogP) is 2.89. The van der Waals surface area contributed by atoms with Gasteiger partial charge >= 0.3 is 6.09 Å². The normalized spacial score (nSPS) is 18.7. The zero-order chi connectivity index (χ0) is 20.6. The summed E-state index contributed by atoms with van der Waals surface area (Å²) in [5.74, 6) is -0.0844. The Hall–Kier alpha value is -2.57. The molecule has 7 heteroatoms. The lowest BCUT2D eigenvalue weighted by atomic mass is 10.0. The molecule has 0 bridgehead atoms. The molecular formula is C22H27ClN3O3+. The number of rotatable bonds is 6. The summed E-state index contributed by atoms with van der Waals surface area (Å²) in [4.78, 5) is 25.5. The molecule has 2 amide bonds. The number of likely N-dealkylation sites (tertiary alicyclic amines) is 1. The molecule has 0 unspecified atom stereocenters. The Kier molecular flexibility index (Phi) is 7.49. The maximum absolute atomic E-state index is 12.5. The van der Waals surface area contributed by atoms with Gasteiger partial charge in [0.2, 0.25) is 0 Å². The zero-order valence-electron chi connectivity index (χ0n) is 16.5. The maximum Gasteiger partial charge on any atom is 0.411 e. The number of anilines is 1. The van der Waals surface area contributed by atoms with Crippen LogP contribution < -0.4 is 15.5 Å². The van der Waals surface area contributed by atoms with E-state index in [9.17, 15) is 9.59 Å². The van der Waals surface area contributed by atoms with Crippen molar-refractivity contribution < 1.29 is 19.2 Å². The lowest BCUT2D eigenvalue weighted by Crippen LogP contribution is -3.12. The number of nitrogens with one attached hydrogen (secondary N) is 3. The van der Waals surface area contributed by atoms with Crippen molar-refractivity contribution in [3.8, 4) is 0 Å². The number of hydrogen-bond acceptors (Lipinski definition) is 3. The van der Waals surface area contributed by atoms with E-state index in [0.29, 0.717) is 17.9 Å². The summed E-state index contributed by atoms with van der Waals surface area (Å²) in [6.45, 7) is 5.09. The smallest absolute Gasteiger partial charge is 0.411 e. The molecule has 1 aliphatic rings. The van der Waals surface area contributed by atoms with E-state index in [0.717, 1.165) is 37.5 Å². The van der Waals surface area contributed by atoms with Gasteiger partial charge in [-0.05, 0) is 43.3 Å². The van der Waals surface area contributed by atoms with Crippen molar-refractivity contribution in [3.05, 3.63) is 64.7 Å². The summed E-state index contributed by atoms with van der Waals surface area (Å²) < 4.78 is 4.84. The molecule has 0 atom stereocenters. The second-order valence-corrected chi connectivity index (χ2v) is 7.66. The molecule has 1 aliphatic heterocycles. The Morgan fingerprint density at radius 2 is 1.72 bits per heavy atom. The van der Waals surface area contributed by atoms with Gasteiger partial charge in [0.1, 0.15) is 6.54 Å². The summed E-state index contributed by atoms with van der Waals surface area (Å²) in [5.41, 5.74) is 2.46. The van der Waals surface area contributed by atoms with Gasteiger partial charge in [-0.25, -0.2) is 4.79 Å². The van der Waals surface area contributed by atoms with Crippen molar-refractivity contribution in [1.29, 1.82) is 0 Å². The molecule has 0 spiro atoms. The summed E-state index contributed by atoms with van der Waals surface area (Å²) in [6, 6.07) is 15.0. The fourth-order valence-electron chi connectivity index (χ4n) is 3.50. The number of quaternary nitrogens is 1. The van der Waals surface area contributed by atoms with Gasteiger partial charge in [0.15, 0.2) is 0 Å². The Bertz CT molecular complexity index is 816. The third-order valence-corrected chi connectivity index (χ3v) is 5.32. The molecule has 154 valence electrons. The van der Waals surface area contributed by atoms with Gasteiger partial charge in [0.05, 0.1) is 19.7 Å². The Morgan fingerprint density at radius 3 is 2.34 bits per heavy atom. The van der Waals surface area contributed by atoms with Crippen LogP contribution in [-0.2, 0) is 11.3 Å². The van der Waals surface area contributed by atoms with Gasteiger partial charge < -0.3 is 15.0 Å². The quantitative estimate of drug-likeness (QED) is 0.678. The molecule has 2 aromatic rings. The van der Waals surface area contributed by atoms with E-state index >= 15 is 0 Å². The number of ether oxygens (including phenoxy) is 1. The third-order valence-electron chi connectivity index (χ3n) is 5.06. The third kappa shape index (κ3) is 6.48. The van der Waals surface area contributed by atoms with Crippen LogP contribution in [-0.4, -0.2) is 37.7 Å². The number of benzene rings is 2. The molecule has 3 N–H and O–H groups in total. The molecule has 0 radical (unpaired) electrons. The SMILES string of the molecule is CCOC(=O)Nc1ccc(C(=O)NC2CC[NH+](Cc3ccc(Cl)cc3)CC2)cc1. The van der Waals surface area contributed by atoms with Crippen LogP contribution in [0.15, 0.2) is 48.5 Å². The Morgan fingerprint density at radius 1 is 1.07 bits per heavy atom. The molecule has 1 heterocycles. The van der Waals surface area contributed by atoms with Crippen LogP contribution in [0, 0.1) is 0 Å². The van der Waals surface area contributed by atoms with E-state index in [4.69, 9.17) is 16.3 Å². The molecule has 2 aromatic carbocycles. The minimum atomic E-state index is -0.502. The Labute approximate surface area is 176 Å². The van der Waals surface area contributed by atoms with E-state index in [-0.39, 0.29) is 11.9 Å². The van der Waals surface area contributed by atoms with Gasteiger partial charge in [0, 0.05) is 40.7 Å². The number of piperidine rings is 1. The van der Waals surface area contributed by atoms with Crippen LogP contribution in [0.3, 0.4) is 0 Å². The highest BCUT2D eigenvalue weighted by atomic mass is 35.5. The van der Waals surface area contributed by atoms with Crippen LogP contribution in [0.2, 0.25) is 5.02 Å². The second-order valence-electron chi connectivity index (χ2n) is 7.22. The first-order valence-corrected chi connectivity index (χ1v) is 10.3. The minimum absolute atomic E-state index is 0.0844. The minimum Gasteiger partial charge on any atom is -0.450 e. The lowest BCUT2D eigenvalue weighted by Gasteiger charge is -2.29. The molecule has 1 fully saturated rings. The number of halogens is 1. The van der Waals surface area contributed by atoms with E-state index in [1.807, 2.05) is 12.1 Å². The summed E-state index contributed by atoms with van der Waals surface area (Å²) in [5, 5.41) is 6.50. The first kappa shape index (κ1) is 21.1. The standard InChI is InChI=1S/C22H26ClN3O3/c1-2-29-22(28)25-19-9-5-17(6-10-19)21(27)24-20-11-13-26(14-12-20)15-16-3-7-18(23)8-4-16/h3-10,20H,2,11-15H2,1H3,(H,24,27)(H,25,28)/p+1. The molecule has 0 aliphatic carbocycles. The lowest BCUT2D eigenvalue weighted by molar-refractivity contribution is -0.918. The highest BCUT2D eigenvalue weighted by Gasteiger charge is 2.23. The second kappa shape index (κ2) is 10.3. The molecular weight excluding hydrogens is 390 g/mol. The van der Waals surface area contributed by atoms with Crippen LogP contribution in [0.1, 0.15) is 35.7 Å². The highest BCUT2D eigenvalue weighted by molar-refractivity contribution is 6.30. The molecule has 6 nitrogen and oxygen atoms in total. The van der Waals surface area contributed by atoms with Crippen LogP contribution in [0.4, 0.5) is 10.5 Å². The average Bonchev–Trinajstić information content (AvgIpc) is 2.72. The molecule has 0 aromatic heterocycles. The predicted molar refractivity (Wildman–Crippen MR) is 113 cm³/mol. The average molecular weight is 417 g/mol. The van der Waals surface area contributed by atoms with E-state index < -0.39 is 6.09 Å². The van der Waals surface area contributed by atoms with Crippen molar-refractivity contribution >= 4 is 29.3 Å². The van der Waals surface area contributed by atoms with Crippen LogP contribution in [0.5, 0.6) is 0 Å². The van der Waals surface area contributed by atoms with Crippen LogP contribution >= 0.6 is 11.6 Å². The van der Waals surface area contributed by atoms with Gasteiger partial charge in [-0.1, -0.05) is 23.7 Å². The van der Waals surface area contributed by atoms with Gasteiger partial charge in [-0.2, -0.15) is 0 Å². The Balaban J connectivity index is 1.44. The van der Waals surface area contributed by atoms with E-state index in [1.54, 1.807) is 31.2 Å². The van der Waals surface area contributed by atoms with Gasteiger partial charge in [0.25, 0.3) is 5.91 Å².